The highest BCUT2D eigenvalue weighted by molar-refractivity contribution is 5.96. The van der Waals surface area contributed by atoms with E-state index in [1.165, 1.54) is 37.7 Å². The molecule has 1 aromatic rings. The fourth-order valence-corrected chi connectivity index (χ4v) is 5.69. The summed E-state index contributed by atoms with van der Waals surface area (Å²) in [7, 11) is 2.88. The average molecular weight is 742 g/mol. The Kier molecular flexibility index (Phi) is 18.2. The number of carbonyl (C=O) groups is 7. The first-order chi connectivity index (χ1) is 25.0. The zero-order valence-electron chi connectivity index (χ0n) is 32.7. The molecule has 0 fully saturated rings. The van der Waals surface area contributed by atoms with E-state index in [0.717, 1.165) is 5.56 Å². The van der Waals surface area contributed by atoms with Crippen molar-refractivity contribution in [3.05, 3.63) is 47.5 Å². The highest BCUT2D eigenvalue weighted by Crippen LogP contribution is 2.16. The van der Waals surface area contributed by atoms with Crippen LogP contribution in [-0.2, 0) is 49.5 Å². The third-order valence-corrected chi connectivity index (χ3v) is 9.23. The van der Waals surface area contributed by atoms with Crippen LogP contribution >= 0.6 is 0 Å². The van der Waals surface area contributed by atoms with Crippen LogP contribution in [0.3, 0.4) is 0 Å². The normalized spacial score (nSPS) is 26.1. The predicted octanol–water partition coefficient (Wildman–Crippen LogP) is 2.69. The van der Waals surface area contributed by atoms with Gasteiger partial charge in [0.1, 0.15) is 24.2 Å². The van der Waals surface area contributed by atoms with E-state index in [1.807, 2.05) is 39.0 Å². The molecular weight excluding hydrogens is 682 g/mol. The number of rotatable bonds is 6. The molecule has 1 aliphatic heterocycles. The van der Waals surface area contributed by atoms with Crippen molar-refractivity contribution in [3.8, 4) is 0 Å². The van der Waals surface area contributed by atoms with Gasteiger partial charge < -0.3 is 35.2 Å². The standard InChI is InChI=1S/C39H59N5O9/c1-10-25(4)33-35(47)41-28(7)39(51)52-20-16-12-13-17-26(5)38(50)53-31(21-24(2)3)34(46)40-27(6)36(48)44(9)30(22-29-18-14-11-15-19-29)37(49)43(8)23-32(45)42-33/h11,14-15,17-19,24-25,27-28,30-31,33H,10,12-13,16,20-23H2,1-9H3,(H,40,46)(H,41,47)(H,42,45)/b26-17+/t25?,27-,28-,30+,31+,33-/m0/s1. The number of hydrogen-bond donors (Lipinski definition) is 3. The number of carbonyl (C=O) groups excluding carboxylic acids is 7. The number of nitrogens with zero attached hydrogens (tertiary/aromatic N) is 2. The minimum atomic E-state index is -1.17. The van der Waals surface area contributed by atoms with Gasteiger partial charge in [0.15, 0.2) is 6.10 Å². The Balaban J connectivity index is 2.46. The molecular formula is C39H59N5O9. The van der Waals surface area contributed by atoms with Crippen molar-refractivity contribution in [2.45, 2.75) is 117 Å². The first-order valence-corrected chi connectivity index (χ1v) is 18.5. The fourth-order valence-electron chi connectivity index (χ4n) is 5.69. The van der Waals surface area contributed by atoms with E-state index in [-0.39, 0.29) is 31.3 Å². The van der Waals surface area contributed by atoms with E-state index in [0.29, 0.717) is 31.3 Å². The van der Waals surface area contributed by atoms with Crippen molar-refractivity contribution < 1.29 is 43.0 Å². The molecule has 0 radical (unpaired) electrons. The van der Waals surface area contributed by atoms with Crippen molar-refractivity contribution in [3.63, 3.8) is 0 Å². The van der Waals surface area contributed by atoms with E-state index in [9.17, 15) is 33.6 Å². The van der Waals surface area contributed by atoms with Crippen LogP contribution in [0, 0.1) is 11.8 Å². The van der Waals surface area contributed by atoms with Gasteiger partial charge in [0.25, 0.3) is 5.91 Å². The Labute approximate surface area is 313 Å². The van der Waals surface area contributed by atoms with Gasteiger partial charge in [0, 0.05) is 26.1 Å². The lowest BCUT2D eigenvalue weighted by molar-refractivity contribution is -0.154. The second-order valence-electron chi connectivity index (χ2n) is 14.3. The van der Waals surface area contributed by atoms with Crippen LogP contribution in [0.1, 0.15) is 86.1 Å². The van der Waals surface area contributed by atoms with E-state index >= 15 is 0 Å². The van der Waals surface area contributed by atoms with Gasteiger partial charge in [-0.05, 0) is 63.9 Å². The molecule has 2 rings (SSSR count). The first kappa shape index (κ1) is 44.4. The first-order valence-electron chi connectivity index (χ1n) is 18.5. The maximum atomic E-state index is 14.0. The number of nitrogens with one attached hydrogen (secondary N) is 3. The maximum absolute atomic E-state index is 14.0. The molecule has 1 aromatic carbocycles. The van der Waals surface area contributed by atoms with Crippen molar-refractivity contribution in [2.75, 3.05) is 27.2 Å². The van der Waals surface area contributed by atoms with Crippen LogP contribution in [0.2, 0.25) is 0 Å². The van der Waals surface area contributed by atoms with Crippen molar-refractivity contribution in [1.29, 1.82) is 0 Å². The summed E-state index contributed by atoms with van der Waals surface area (Å²) in [6, 6.07) is 4.90. The Morgan fingerprint density at radius 2 is 1.49 bits per heavy atom. The Bertz CT molecular complexity index is 1460. The lowest BCUT2D eigenvalue weighted by Gasteiger charge is -2.33. The van der Waals surface area contributed by atoms with Gasteiger partial charge in [-0.15, -0.1) is 0 Å². The fraction of sp³-hybridized carbons (Fsp3) is 0.615. The summed E-state index contributed by atoms with van der Waals surface area (Å²) in [5.41, 5.74) is 1.06. The topological polar surface area (TPSA) is 181 Å². The second-order valence-corrected chi connectivity index (χ2v) is 14.3. The number of esters is 2. The Hall–Kier alpha value is -4.75. The minimum Gasteiger partial charge on any atom is -0.464 e. The monoisotopic (exact) mass is 741 g/mol. The highest BCUT2D eigenvalue weighted by Gasteiger charge is 2.35. The SMILES string of the molecule is CCC(C)[C@@H]1NC(=O)CN(C)C(=O)[C@@H](Cc2ccccc2)N(C)C(=O)[C@H](C)NC(=O)[C@@H](CC(C)C)OC(=O)/C(C)=C/CCCCOC(=O)[C@H](C)NC1=O. The molecule has 1 aliphatic rings. The third kappa shape index (κ3) is 14.3. The quantitative estimate of drug-likeness (QED) is 0.370. The van der Waals surface area contributed by atoms with Crippen LogP contribution in [0.25, 0.3) is 0 Å². The molecule has 53 heavy (non-hydrogen) atoms. The van der Waals surface area contributed by atoms with Gasteiger partial charge in [-0.3, -0.25) is 24.0 Å². The molecule has 5 amide bonds. The summed E-state index contributed by atoms with van der Waals surface area (Å²) in [6.45, 7) is 11.7. The molecule has 0 aliphatic carbocycles. The highest BCUT2D eigenvalue weighted by atomic mass is 16.5. The number of amides is 5. The predicted molar refractivity (Wildman–Crippen MR) is 199 cm³/mol. The Morgan fingerprint density at radius 3 is 2.11 bits per heavy atom. The number of likely N-dealkylation sites (N-methyl/N-ethyl adjacent to an activating group) is 2. The molecule has 0 aromatic heterocycles. The number of allylic oxidation sites excluding steroid dienone is 1. The van der Waals surface area contributed by atoms with Crippen LogP contribution in [0.5, 0.6) is 0 Å². The summed E-state index contributed by atoms with van der Waals surface area (Å²) in [6.07, 6.45) is 2.95. The minimum absolute atomic E-state index is 0.0170. The van der Waals surface area contributed by atoms with Crippen LogP contribution in [0.4, 0.5) is 0 Å². The summed E-state index contributed by atoms with van der Waals surface area (Å²) in [5, 5.41) is 8.02. The lowest BCUT2D eigenvalue weighted by atomic mass is 9.98. The molecule has 0 saturated carbocycles. The summed E-state index contributed by atoms with van der Waals surface area (Å²) in [4.78, 5) is 96.0. The van der Waals surface area contributed by atoms with E-state index in [2.05, 4.69) is 16.0 Å². The summed E-state index contributed by atoms with van der Waals surface area (Å²) < 4.78 is 11.0. The van der Waals surface area contributed by atoms with Crippen LogP contribution < -0.4 is 16.0 Å². The second kappa shape index (κ2) is 21.7. The molecule has 14 nitrogen and oxygen atoms in total. The summed E-state index contributed by atoms with van der Waals surface area (Å²) in [5.74, 6) is -4.58. The molecule has 1 unspecified atom stereocenters. The molecule has 14 heteroatoms. The zero-order chi connectivity index (χ0) is 39.8. The van der Waals surface area contributed by atoms with Gasteiger partial charge >= 0.3 is 11.9 Å². The number of cyclic esters (lactones) is 2. The zero-order valence-corrected chi connectivity index (χ0v) is 32.7. The number of ether oxygens (including phenoxy) is 2. The van der Waals surface area contributed by atoms with Crippen molar-refractivity contribution in [2.24, 2.45) is 11.8 Å². The van der Waals surface area contributed by atoms with Gasteiger partial charge in [-0.1, -0.05) is 70.5 Å². The Morgan fingerprint density at radius 1 is 0.849 bits per heavy atom. The summed E-state index contributed by atoms with van der Waals surface area (Å²) >= 11 is 0. The molecule has 0 saturated heterocycles. The maximum Gasteiger partial charge on any atom is 0.334 e. The van der Waals surface area contributed by atoms with Gasteiger partial charge in [0.05, 0.1) is 13.2 Å². The molecule has 3 N–H and O–H groups in total. The largest absolute Gasteiger partial charge is 0.464 e. The average Bonchev–Trinajstić information content (AvgIpc) is 3.11. The number of hydrogen-bond acceptors (Lipinski definition) is 9. The van der Waals surface area contributed by atoms with E-state index in [4.69, 9.17) is 9.47 Å². The van der Waals surface area contributed by atoms with Gasteiger partial charge in [-0.25, -0.2) is 9.59 Å². The lowest BCUT2D eigenvalue weighted by Crippen LogP contribution is -2.57. The van der Waals surface area contributed by atoms with Gasteiger partial charge in [-0.2, -0.15) is 0 Å². The molecule has 0 spiro atoms. The van der Waals surface area contributed by atoms with Crippen molar-refractivity contribution >= 4 is 41.5 Å². The van der Waals surface area contributed by atoms with Crippen LogP contribution in [-0.4, -0.2) is 109 Å². The van der Waals surface area contributed by atoms with E-state index in [1.54, 1.807) is 32.1 Å². The molecule has 1 heterocycles. The molecule has 6 atom stereocenters. The molecule has 0 bridgehead atoms. The van der Waals surface area contributed by atoms with Gasteiger partial charge in [0.2, 0.25) is 23.6 Å². The third-order valence-electron chi connectivity index (χ3n) is 9.23. The molecule has 294 valence electrons. The smallest absolute Gasteiger partial charge is 0.334 e. The van der Waals surface area contributed by atoms with E-state index < -0.39 is 78.3 Å². The number of benzene rings is 1. The van der Waals surface area contributed by atoms with Crippen LogP contribution in [0.15, 0.2) is 42.0 Å². The van der Waals surface area contributed by atoms with Crippen molar-refractivity contribution in [1.82, 2.24) is 25.8 Å².